The zero-order chi connectivity index (χ0) is 20.4. The first-order valence-electron chi connectivity index (χ1n) is 9.20. The highest BCUT2D eigenvalue weighted by Gasteiger charge is 2.36. The standard InChI is InChI=1S/C19H29N3O5/c1-5-11-26-17(24)16(22-20)15(23)12-14(13-9-7-6-8-10-13)21-18(25)27-19(2,3)4/h5,13-14H,1,6-12H2,2-4H3,(H,21,25)/t14-/m1/s1. The number of esters is 1. The molecule has 0 aliphatic heterocycles. The minimum absolute atomic E-state index is 0.0827. The second-order valence-electron chi connectivity index (χ2n) is 7.61. The maximum atomic E-state index is 12.5. The smallest absolute Gasteiger partial charge is 0.441 e. The highest BCUT2D eigenvalue weighted by molar-refractivity contribution is 6.62. The molecule has 1 fully saturated rings. The molecule has 0 unspecified atom stereocenters. The Morgan fingerprint density at radius 1 is 1.26 bits per heavy atom. The molecule has 0 heterocycles. The van der Waals surface area contributed by atoms with Crippen molar-refractivity contribution in [1.82, 2.24) is 5.32 Å². The lowest BCUT2D eigenvalue weighted by molar-refractivity contribution is -0.141. The third-order valence-corrected chi connectivity index (χ3v) is 4.22. The molecule has 0 aromatic carbocycles. The Balaban J connectivity index is 2.86. The molecule has 150 valence electrons. The Labute approximate surface area is 159 Å². The van der Waals surface area contributed by atoms with Gasteiger partial charge in [0, 0.05) is 12.5 Å². The number of nitrogens with zero attached hydrogens (tertiary/aromatic N) is 2. The van der Waals surface area contributed by atoms with Gasteiger partial charge < -0.3 is 20.3 Å². The van der Waals surface area contributed by atoms with Crippen LogP contribution in [-0.2, 0) is 19.1 Å². The Morgan fingerprint density at radius 2 is 1.89 bits per heavy atom. The van der Waals surface area contributed by atoms with Crippen LogP contribution in [0.4, 0.5) is 4.79 Å². The summed E-state index contributed by atoms with van der Waals surface area (Å²) in [6, 6.07) is -0.517. The van der Waals surface area contributed by atoms with Gasteiger partial charge in [-0.05, 0) is 39.5 Å². The fourth-order valence-corrected chi connectivity index (χ4v) is 3.04. The molecule has 1 N–H and O–H groups in total. The fraction of sp³-hybridized carbons (Fsp3) is 0.684. The molecule has 1 atom stereocenters. The van der Waals surface area contributed by atoms with Crippen molar-refractivity contribution < 1.29 is 28.6 Å². The number of nitrogens with one attached hydrogen (secondary N) is 1. The van der Waals surface area contributed by atoms with E-state index in [1.165, 1.54) is 6.08 Å². The maximum Gasteiger partial charge on any atom is 0.441 e. The summed E-state index contributed by atoms with van der Waals surface area (Å²) in [5.74, 6) is -1.64. The molecule has 0 spiro atoms. The van der Waals surface area contributed by atoms with E-state index < -0.39 is 35.2 Å². The van der Waals surface area contributed by atoms with Gasteiger partial charge in [0.25, 0.3) is 5.78 Å². The quantitative estimate of drug-likeness (QED) is 0.174. The van der Waals surface area contributed by atoms with Crippen LogP contribution in [0.25, 0.3) is 5.53 Å². The number of carbonyl (C=O) groups excluding carboxylic acids is 3. The monoisotopic (exact) mass is 379 g/mol. The van der Waals surface area contributed by atoms with Gasteiger partial charge in [-0.25, -0.2) is 9.59 Å². The first-order chi connectivity index (χ1) is 12.7. The van der Waals surface area contributed by atoms with Crippen LogP contribution >= 0.6 is 0 Å². The van der Waals surface area contributed by atoms with Crippen molar-refractivity contribution in [3.8, 4) is 0 Å². The molecule has 1 aliphatic carbocycles. The SMILES string of the molecule is C=CCOC(=O)C(=[N+]=[N-])C(=O)C[C@@H](NC(=O)OC(C)(C)C)C1CCCCC1. The summed E-state index contributed by atoms with van der Waals surface area (Å²) in [5.41, 5.74) is 7.69. The molecule has 8 heteroatoms. The third kappa shape index (κ3) is 8.17. The summed E-state index contributed by atoms with van der Waals surface area (Å²) in [7, 11) is 0. The van der Waals surface area contributed by atoms with Crippen LogP contribution in [0.1, 0.15) is 59.3 Å². The van der Waals surface area contributed by atoms with E-state index in [0.29, 0.717) is 0 Å². The normalized spacial score (nSPS) is 15.8. The van der Waals surface area contributed by atoms with Crippen LogP contribution in [0, 0.1) is 5.92 Å². The zero-order valence-electron chi connectivity index (χ0n) is 16.3. The average molecular weight is 379 g/mol. The number of Topliss-reactive ketones (excluding diaryl/α,β-unsaturated/α-hetero) is 1. The van der Waals surface area contributed by atoms with Gasteiger partial charge in [0.2, 0.25) is 0 Å². The van der Waals surface area contributed by atoms with E-state index in [1.54, 1.807) is 20.8 Å². The first-order valence-corrected chi connectivity index (χ1v) is 9.20. The van der Waals surface area contributed by atoms with Gasteiger partial charge in [-0.2, -0.15) is 4.79 Å². The van der Waals surface area contributed by atoms with Crippen molar-refractivity contribution >= 4 is 23.6 Å². The van der Waals surface area contributed by atoms with Crippen molar-refractivity contribution in [3.63, 3.8) is 0 Å². The van der Waals surface area contributed by atoms with Gasteiger partial charge in [-0.3, -0.25) is 4.79 Å². The number of ether oxygens (including phenoxy) is 2. The van der Waals surface area contributed by atoms with E-state index in [2.05, 4.69) is 16.7 Å². The van der Waals surface area contributed by atoms with Crippen LogP contribution in [0.15, 0.2) is 12.7 Å². The predicted octanol–water partition coefficient (Wildman–Crippen LogP) is 2.82. The van der Waals surface area contributed by atoms with Gasteiger partial charge in [-0.1, -0.05) is 31.9 Å². The van der Waals surface area contributed by atoms with Gasteiger partial charge in [0.1, 0.15) is 12.2 Å². The number of hydrogen-bond acceptors (Lipinski definition) is 5. The number of alkyl carbamates (subject to hydrolysis) is 1. The number of carbonyl (C=O) groups is 3. The van der Waals surface area contributed by atoms with Crippen LogP contribution < -0.4 is 5.32 Å². The molecule has 0 radical (unpaired) electrons. The predicted molar refractivity (Wildman–Crippen MR) is 99.1 cm³/mol. The third-order valence-electron chi connectivity index (χ3n) is 4.22. The van der Waals surface area contributed by atoms with Gasteiger partial charge in [0.15, 0.2) is 0 Å². The Morgan fingerprint density at radius 3 is 2.41 bits per heavy atom. The van der Waals surface area contributed by atoms with E-state index in [-0.39, 0.29) is 18.9 Å². The van der Waals surface area contributed by atoms with E-state index in [1.807, 2.05) is 0 Å². The molecule has 0 saturated heterocycles. The van der Waals surface area contributed by atoms with Crippen molar-refractivity contribution in [1.29, 1.82) is 0 Å². The molecule has 0 aromatic rings. The largest absolute Gasteiger partial charge is 0.453 e. The van der Waals surface area contributed by atoms with E-state index in [4.69, 9.17) is 15.0 Å². The summed E-state index contributed by atoms with van der Waals surface area (Å²) < 4.78 is 10.0. The summed E-state index contributed by atoms with van der Waals surface area (Å²) in [5, 5.41) is 2.75. The Hall–Kier alpha value is -2.47. The summed E-state index contributed by atoms with van der Waals surface area (Å²) in [4.78, 5) is 39.3. The Bertz CT molecular complexity index is 611. The number of ketones is 1. The van der Waals surface area contributed by atoms with E-state index in [0.717, 1.165) is 32.1 Å². The molecule has 1 saturated carbocycles. The molecular weight excluding hydrogens is 350 g/mol. The van der Waals surface area contributed by atoms with Crippen molar-refractivity contribution in [2.75, 3.05) is 6.61 Å². The molecule has 0 aromatic heterocycles. The van der Waals surface area contributed by atoms with Crippen LogP contribution in [0.5, 0.6) is 0 Å². The highest BCUT2D eigenvalue weighted by Crippen LogP contribution is 2.28. The van der Waals surface area contributed by atoms with Crippen LogP contribution in [-0.4, -0.2) is 46.6 Å². The van der Waals surface area contributed by atoms with E-state index >= 15 is 0 Å². The van der Waals surface area contributed by atoms with Gasteiger partial charge in [0.05, 0.1) is 0 Å². The molecule has 27 heavy (non-hydrogen) atoms. The molecule has 1 amide bonds. The lowest BCUT2D eigenvalue weighted by Gasteiger charge is -2.31. The average Bonchev–Trinajstić information content (AvgIpc) is 2.59. The van der Waals surface area contributed by atoms with Crippen LogP contribution in [0.2, 0.25) is 0 Å². The topological polar surface area (TPSA) is 118 Å². The number of amides is 1. The minimum Gasteiger partial charge on any atom is -0.453 e. The van der Waals surface area contributed by atoms with E-state index in [9.17, 15) is 14.4 Å². The first kappa shape index (κ1) is 22.6. The molecule has 8 nitrogen and oxygen atoms in total. The van der Waals surface area contributed by atoms with Crippen molar-refractivity contribution in [2.24, 2.45) is 5.92 Å². The zero-order valence-corrected chi connectivity index (χ0v) is 16.3. The molecule has 1 rings (SSSR count). The lowest BCUT2D eigenvalue weighted by Crippen LogP contribution is -2.46. The summed E-state index contributed by atoms with van der Waals surface area (Å²) in [6.45, 7) is 8.55. The molecule has 1 aliphatic rings. The maximum absolute atomic E-state index is 12.5. The van der Waals surface area contributed by atoms with Crippen LogP contribution in [0.3, 0.4) is 0 Å². The summed E-state index contributed by atoms with van der Waals surface area (Å²) >= 11 is 0. The van der Waals surface area contributed by atoms with Gasteiger partial charge >= 0.3 is 17.8 Å². The summed E-state index contributed by atoms with van der Waals surface area (Å²) in [6.07, 6.45) is 5.39. The number of rotatable bonds is 8. The van der Waals surface area contributed by atoms with Crippen molar-refractivity contribution in [3.05, 3.63) is 18.2 Å². The minimum atomic E-state index is -1.03. The molecule has 0 bridgehead atoms. The highest BCUT2D eigenvalue weighted by atomic mass is 16.6. The molecular formula is C19H29N3O5. The van der Waals surface area contributed by atoms with Gasteiger partial charge in [-0.15, -0.1) is 0 Å². The fourth-order valence-electron chi connectivity index (χ4n) is 3.04. The second-order valence-corrected chi connectivity index (χ2v) is 7.61. The number of hydrogen-bond donors (Lipinski definition) is 1. The van der Waals surface area contributed by atoms with Crippen molar-refractivity contribution in [2.45, 2.75) is 70.9 Å². The Kier molecular flexibility index (Phi) is 8.88. The lowest BCUT2D eigenvalue weighted by atomic mass is 9.81. The second kappa shape index (κ2) is 10.6.